The van der Waals surface area contributed by atoms with Crippen LogP contribution in [0.25, 0.3) is 0 Å². The van der Waals surface area contributed by atoms with E-state index in [-0.39, 0.29) is 11.8 Å². The molecule has 0 saturated carbocycles. The molecule has 0 radical (unpaired) electrons. The molecule has 3 aromatic carbocycles. The molecule has 3 rings (SSSR count). The van der Waals surface area contributed by atoms with E-state index in [0.29, 0.717) is 32.2 Å². The predicted molar refractivity (Wildman–Crippen MR) is 132 cm³/mol. The third kappa shape index (κ3) is 8.20. The SMILES string of the molecule is Cc1ccc(CNC(=O)[C@H](CCc2ccccc2)NC(=O)[C@@H](N)CCc2ccccc2)cc1. The Morgan fingerprint density at radius 1 is 0.727 bits per heavy atom. The maximum absolute atomic E-state index is 13.0. The molecule has 0 bridgehead atoms. The number of carbonyl (C=O) groups excluding carboxylic acids is 2. The summed E-state index contributed by atoms with van der Waals surface area (Å²) < 4.78 is 0. The van der Waals surface area contributed by atoms with Crippen molar-refractivity contribution in [1.29, 1.82) is 0 Å². The van der Waals surface area contributed by atoms with E-state index >= 15 is 0 Å². The minimum atomic E-state index is -0.672. The lowest BCUT2D eigenvalue weighted by Gasteiger charge is -2.21. The fourth-order valence-electron chi connectivity index (χ4n) is 3.62. The van der Waals surface area contributed by atoms with Crippen molar-refractivity contribution >= 4 is 11.8 Å². The van der Waals surface area contributed by atoms with Crippen LogP contribution in [0.3, 0.4) is 0 Å². The second kappa shape index (κ2) is 12.6. The molecule has 2 atom stereocenters. The molecule has 0 unspecified atom stereocenters. The topological polar surface area (TPSA) is 84.2 Å². The average Bonchev–Trinajstić information content (AvgIpc) is 2.85. The van der Waals surface area contributed by atoms with Gasteiger partial charge in [-0.1, -0.05) is 90.5 Å². The monoisotopic (exact) mass is 443 g/mol. The van der Waals surface area contributed by atoms with E-state index in [9.17, 15) is 9.59 Å². The first-order chi connectivity index (χ1) is 16.0. The first-order valence-electron chi connectivity index (χ1n) is 11.5. The van der Waals surface area contributed by atoms with Crippen molar-refractivity contribution in [2.24, 2.45) is 5.73 Å². The fourth-order valence-corrected chi connectivity index (χ4v) is 3.62. The van der Waals surface area contributed by atoms with Crippen LogP contribution in [-0.4, -0.2) is 23.9 Å². The Labute approximate surface area is 196 Å². The van der Waals surface area contributed by atoms with Gasteiger partial charge in [0, 0.05) is 6.54 Å². The van der Waals surface area contributed by atoms with E-state index in [1.165, 1.54) is 5.56 Å². The summed E-state index contributed by atoms with van der Waals surface area (Å²) in [5.74, 6) is -0.496. The maximum Gasteiger partial charge on any atom is 0.242 e. The van der Waals surface area contributed by atoms with E-state index in [1.807, 2.05) is 91.9 Å². The molecule has 2 amide bonds. The van der Waals surface area contributed by atoms with Crippen LogP contribution in [0.1, 0.15) is 35.1 Å². The van der Waals surface area contributed by atoms with E-state index in [4.69, 9.17) is 5.73 Å². The highest BCUT2D eigenvalue weighted by atomic mass is 16.2. The normalized spacial score (nSPS) is 12.5. The summed E-state index contributed by atoms with van der Waals surface area (Å²) in [4.78, 5) is 25.8. The molecule has 33 heavy (non-hydrogen) atoms. The maximum atomic E-state index is 13.0. The number of nitrogens with two attached hydrogens (primary N) is 1. The number of rotatable bonds is 11. The molecule has 4 N–H and O–H groups in total. The summed E-state index contributed by atoms with van der Waals surface area (Å²) in [7, 11) is 0. The van der Waals surface area contributed by atoms with Crippen LogP contribution in [0.15, 0.2) is 84.9 Å². The van der Waals surface area contributed by atoms with Gasteiger partial charge in [-0.2, -0.15) is 0 Å². The molecule has 0 aliphatic rings. The molecule has 0 fully saturated rings. The van der Waals surface area contributed by atoms with Gasteiger partial charge in [0.1, 0.15) is 6.04 Å². The van der Waals surface area contributed by atoms with Crippen LogP contribution >= 0.6 is 0 Å². The van der Waals surface area contributed by atoms with Crippen LogP contribution in [-0.2, 0) is 29.0 Å². The lowest BCUT2D eigenvalue weighted by atomic mass is 10.0. The van der Waals surface area contributed by atoms with Gasteiger partial charge in [0.2, 0.25) is 11.8 Å². The van der Waals surface area contributed by atoms with Gasteiger partial charge in [-0.25, -0.2) is 0 Å². The van der Waals surface area contributed by atoms with Crippen LogP contribution in [0.4, 0.5) is 0 Å². The van der Waals surface area contributed by atoms with Crippen molar-refractivity contribution in [2.45, 2.75) is 51.2 Å². The molecule has 0 spiro atoms. The molecule has 0 aromatic heterocycles. The van der Waals surface area contributed by atoms with Gasteiger partial charge in [-0.05, 0) is 49.3 Å². The van der Waals surface area contributed by atoms with Crippen LogP contribution in [0, 0.1) is 6.92 Å². The molecule has 0 heterocycles. The van der Waals surface area contributed by atoms with Crippen LogP contribution in [0.5, 0.6) is 0 Å². The van der Waals surface area contributed by atoms with E-state index in [1.54, 1.807) is 0 Å². The average molecular weight is 444 g/mol. The lowest BCUT2D eigenvalue weighted by Crippen LogP contribution is -2.51. The second-order valence-corrected chi connectivity index (χ2v) is 8.42. The number of hydrogen-bond acceptors (Lipinski definition) is 3. The first-order valence-corrected chi connectivity index (χ1v) is 11.5. The van der Waals surface area contributed by atoms with Crippen molar-refractivity contribution < 1.29 is 9.59 Å². The van der Waals surface area contributed by atoms with Crippen LogP contribution in [0.2, 0.25) is 0 Å². The van der Waals surface area contributed by atoms with Gasteiger partial charge in [0.05, 0.1) is 6.04 Å². The quantitative estimate of drug-likeness (QED) is 0.423. The fraction of sp³-hybridized carbons (Fsp3) is 0.286. The van der Waals surface area contributed by atoms with Gasteiger partial charge >= 0.3 is 0 Å². The largest absolute Gasteiger partial charge is 0.350 e. The van der Waals surface area contributed by atoms with Crippen molar-refractivity contribution in [3.05, 3.63) is 107 Å². The number of nitrogens with one attached hydrogen (secondary N) is 2. The number of aryl methyl sites for hydroxylation is 3. The number of carbonyl (C=O) groups is 2. The smallest absolute Gasteiger partial charge is 0.242 e. The lowest BCUT2D eigenvalue weighted by molar-refractivity contribution is -0.129. The van der Waals surface area contributed by atoms with Crippen molar-refractivity contribution in [3.63, 3.8) is 0 Å². The third-order valence-electron chi connectivity index (χ3n) is 5.71. The van der Waals surface area contributed by atoms with Gasteiger partial charge in [-0.15, -0.1) is 0 Å². The Morgan fingerprint density at radius 3 is 1.85 bits per heavy atom. The Morgan fingerprint density at radius 2 is 1.27 bits per heavy atom. The van der Waals surface area contributed by atoms with Gasteiger partial charge in [0.25, 0.3) is 0 Å². The standard InChI is InChI=1S/C28H33N3O2/c1-21-12-14-24(15-13-21)20-30-28(33)26(19-17-23-10-6-3-7-11-23)31-27(32)25(29)18-16-22-8-4-2-5-9-22/h2-15,25-26H,16-20,29H2,1H3,(H,30,33)(H,31,32)/t25-,26-/m0/s1. The number of hydrogen-bond donors (Lipinski definition) is 3. The molecular formula is C28H33N3O2. The molecule has 0 aliphatic heterocycles. The summed E-state index contributed by atoms with van der Waals surface area (Å²) in [6.45, 7) is 2.44. The first kappa shape index (κ1) is 24.2. The van der Waals surface area contributed by atoms with Gasteiger partial charge in [0.15, 0.2) is 0 Å². The molecular weight excluding hydrogens is 410 g/mol. The van der Waals surface area contributed by atoms with E-state index in [2.05, 4.69) is 10.6 Å². The van der Waals surface area contributed by atoms with Gasteiger partial charge in [-0.3, -0.25) is 9.59 Å². The highest BCUT2D eigenvalue weighted by Gasteiger charge is 2.23. The molecule has 5 nitrogen and oxygen atoms in total. The van der Waals surface area contributed by atoms with E-state index in [0.717, 1.165) is 16.7 Å². The summed E-state index contributed by atoms with van der Waals surface area (Å²) in [6, 6.07) is 26.6. The minimum Gasteiger partial charge on any atom is -0.350 e. The number of amides is 2. The van der Waals surface area contributed by atoms with Gasteiger partial charge < -0.3 is 16.4 Å². The third-order valence-corrected chi connectivity index (χ3v) is 5.71. The predicted octanol–water partition coefficient (Wildman–Crippen LogP) is 3.69. The highest BCUT2D eigenvalue weighted by molar-refractivity contribution is 5.89. The molecule has 3 aromatic rings. The second-order valence-electron chi connectivity index (χ2n) is 8.42. The summed E-state index contributed by atoms with van der Waals surface area (Å²) in [5.41, 5.74) is 10.6. The van der Waals surface area contributed by atoms with Crippen molar-refractivity contribution in [3.8, 4) is 0 Å². The molecule has 0 aliphatic carbocycles. The molecule has 172 valence electrons. The summed E-state index contributed by atoms with van der Waals surface area (Å²) >= 11 is 0. The molecule has 5 heteroatoms. The van der Waals surface area contributed by atoms with Crippen LogP contribution < -0.4 is 16.4 Å². The van der Waals surface area contributed by atoms with E-state index < -0.39 is 12.1 Å². The Hall–Kier alpha value is -3.44. The zero-order chi connectivity index (χ0) is 23.5. The minimum absolute atomic E-state index is 0.199. The zero-order valence-corrected chi connectivity index (χ0v) is 19.2. The van der Waals surface area contributed by atoms with Crippen molar-refractivity contribution in [1.82, 2.24) is 10.6 Å². The molecule has 0 saturated heterocycles. The Bertz CT molecular complexity index is 1000. The van der Waals surface area contributed by atoms with Crippen molar-refractivity contribution in [2.75, 3.05) is 0 Å². The summed E-state index contributed by atoms with van der Waals surface area (Å²) in [6.07, 6.45) is 2.42. The Kier molecular flexibility index (Phi) is 9.21. The highest BCUT2D eigenvalue weighted by Crippen LogP contribution is 2.09. The Balaban J connectivity index is 1.58. The number of benzene rings is 3. The zero-order valence-electron chi connectivity index (χ0n) is 19.2. The summed E-state index contributed by atoms with van der Waals surface area (Å²) in [5, 5.41) is 5.85.